The van der Waals surface area contributed by atoms with E-state index < -0.39 is 0 Å². The minimum atomic E-state index is -0.353. The Bertz CT molecular complexity index is 1360. The van der Waals surface area contributed by atoms with Crippen LogP contribution < -0.4 is 10.2 Å². The van der Waals surface area contributed by atoms with Crippen molar-refractivity contribution in [2.24, 2.45) is 5.92 Å². The number of pyridine rings is 1. The van der Waals surface area contributed by atoms with Crippen molar-refractivity contribution in [3.8, 4) is 11.5 Å². The van der Waals surface area contributed by atoms with Crippen molar-refractivity contribution in [3.63, 3.8) is 0 Å². The van der Waals surface area contributed by atoms with E-state index in [2.05, 4.69) is 31.3 Å². The van der Waals surface area contributed by atoms with Crippen LogP contribution in [-0.4, -0.2) is 64.2 Å². The van der Waals surface area contributed by atoms with Gasteiger partial charge in [-0.3, -0.25) is 14.5 Å². The summed E-state index contributed by atoms with van der Waals surface area (Å²) < 4.78 is 12.7. The fourth-order valence-electron chi connectivity index (χ4n) is 4.56. The van der Waals surface area contributed by atoms with E-state index >= 15 is 0 Å². The average Bonchev–Trinajstić information content (AvgIpc) is 3.55. The summed E-state index contributed by atoms with van der Waals surface area (Å²) in [5.41, 5.74) is 4.37. The van der Waals surface area contributed by atoms with Gasteiger partial charge in [-0.2, -0.15) is 5.10 Å². The first kappa shape index (κ1) is 24.0. The molecule has 3 aromatic heterocycles. The molecule has 0 unspecified atom stereocenters. The van der Waals surface area contributed by atoms with Crippen LogP contribution in [0.2, 0.25) is 0 Å². The summed E-state index contributed by atoms with van der Waals surface area (Å²) in [4.78, 5) is 24.1. The molecule has 0 saturated carbocycles. The van der Waals surface area contributed by atoms with Crippen molar-refractivity contribution in [2.75, 3.05) is 43.6 Å². The number of nitrogens with zero attached hydrogens (tertiary/aromatic N) is 5. The zero-order valence-electron chi connectivity index (χ0n) is 20.5. The number of hydrogen-bond donors (Lipinski definition) is 2. The van der Waals surface area contributed by atoms with Crippen molar-refractivity contribution < 1.29 is 19.1 Å². The summed E-state index contributed by atoms with van der Waals surface area (Å²) in [7, 11) is 1.67. The Hall–Kier alpha value is -3.76. The van der Waals surface area contributed by atoms with E-state index in [0.717, 1.165) is 53.8 Å². The molecule has 1 saturated heterocycles. The second kappa shape index (κ2) is 10.5. The Morgan fingerprint density at radius 3 is 2.86 bits per heavy atom. The second-order valence-electron chi connectivity index (χ2n) is 9.08. The highest BCUT2D eigenvalue weighted by atomic mass is 16.5. The summed E-state index contributed by atoms with van der Waals surface area (Å²) in [5.74, 6) is 0.320. The highest BCUT2D eigenvalue weighted by molar-refractivity contribution is 6.06. The summed E-state index contributed by atoms with van der Waals surface area (Å²) in [6.07, 6.45) is 6.63. The Kier molecular flexibility index (Phi) is 6.97. The molecular formula is C26H30N6O4. The number of oxazole rings is 1. The zero-order valence-corrected chi connectivity index (χ0v) is 20.5. The number of nitrogens with one attached hydrogen (secondary N) is 1. The molecule has 0 bridgehead atoms. The number of carbonyl (C=O) groups is 1. The molecule has 1 aliphatic heterocycles. The van der Waals surface area contributed by atoms with Gasteiger partial charge in [0, 0.05) is 49.6 Å². The normalized spacial score (nSPS) is 14.5. The number of ether oxygens (including phenoxy) is 1. The molecule has 1 aliphatic rings. The lowest BCUT2D eigenvalue weighted by Crippen LogP contribution is -2.35. The van der Waals surface area contributed by atoms with Crippen LogP contribution in [0.5, 0.6) is 0 Å². The number of methoxy groups -OCH3 is 1. The number of aliphatic hydroxyl groups excluding tert-OH is 1. The Morgan fingerprint density at radius 1 is 1.28 bits per heavy atom. The van der Waals surface area contributed by atoms with Crippen molar-refractivity contribution >= 4 is 28.2 Å². The third-order valence-electron chi connectivity index (χ3n) is 6.61. The molecule has 36 heavy (non-hydrogen) atoms. The molecular weight excluding hydrogens is 460 g/mol. The lowest BCUT2D eigenvalue weighted by Gasteiger charge is -2.34. The molecule has 1 aromatic carbocycles. The summed E-state index contributed by atoms with van der Waals surface area (Å²) >= 11 is 0. The molecule has 5 rings (SSSR count). The minimum Gasteiger partial charge on any atom is -0.444 e. The molecule has 0 atom stereocenters. The fourth-order valence-corrected chi connectivity index (χ4v) is 4.56. The molecule has 1 amide bonds. The van der Waals surface area contributed by atoms with Crippen LogP contribution in [0, 0.1) is 12.8 Å². The monoisotopic (exact) mass is 490 g/mol. The number of aromatic nitrogens is 4. The van der Waals surface area contributed by atoms with Crippen molar-refractivity contribution in [1.82, 2.24) is 19.7 Å². The zero-order chi connectivity index (χ0) is 25.1. The van der Waals surface area contributed by atoms with E-state index in [9.17, 15) is 9.90 Å². The maximum Gasteiger partial charge on any atom is 0.277 e. The number of benzene rings is 1. The number of aryl methyl sites for hydroxylation is 1. The van der Waals surface area contributed by atoms with Crippen molar-refractivity contribution in [3.05, 3.63) is 54.3 Å². The summed E-state index contributed by atoms with van der Waals surface area (Å²) in [5, 5.41) is 18.0. The van der Waals surface area contributed by atoms with Gasteiger partial charge in [0.25, 0.3) is 5.91 Å². The largest absolute Gasteiger partial charge is 0.444 e. The van der Waals surface area contributed by atoms with Gasteiger partial charge in [0.2, 0.25) is 5.89 Å². The second-order valence-corrected chi connectivity index (χ2v) is 9.08. The third kappa shape index (κ3) is 4.95. The molecule has 1 fully saturated rings. The molecule has 2 N–H and O–H groups in total. The molecule has 0 spiro atoms. The molecule has 10 heteroatoms. The number of rotatable bonds is 8. The SMILES string of the molecule is COCCn1ncc2cc(NC(=O)c3coc(-c4ccnc(C)c4)n3)c(N3CCC(CO)CC3)cc21. The third-order valence-corrected chi connectivity index (χ3v) is 6.61. The summed E-state index contributed by atoms with van der Waals surface area (Å²) in [6.45, 7) is 4.86. The maximum atomic E-state index is 13.2. The molecule has 10 nitrogen and oxygen atoms in total. The quantitative estimate of drug-likeness (QED) is 0.385. The first-order chi connectivity index (χ1) is 17.6. The van der Waals surface area contributed by atoms with Gasteiger partial charge in [-0.05, 0) is 49.9 Å². The fraction of sp³-hybridized carbons (Fsp3) is 0.385. The van der Waals surface area contributed by atoms with Crippen LogP contribution in [0.15, 0.2) is 47.3 Å². The van der Waals surface area contributed by atoms with E-state index in [1.165, 1.54) is 6.26 Å². The Labute approximate surface area is 208 Å². The molecule has 188 valence electrons. The molecule has 0 radical (unpaired) electrons. The van der Waals surface area contributed by atoms with Gasteiger partial charge in [-0.25, -0.2) is 4.98 Å². The average molecular weight is 491 g/mol. The van der Waals surface area contributed by atoms with Gasteiger partial charge in [0.15, 0.2) is 5.69 Å². The molecule has 4 heterocycles. The van der Waals surface area contributed by atoms with Gasteiger partial charge in [-0.15, -0.1) is 0 Å². The molecule has 4 aromatic rings. The number of carbonyl (C=O) groups excluding carboxylic acids is 1. The Balaban J connectivity index is 1.45. The van der Waals surface area contributed by atoms with Crippen LogP contribution in [0.25, 0.3) is 22.4 Å². The van der Waals surface area contributed by atoms with Crippen LogP contribution in [-0.2, 0) is 11.3 Å². The summed E-state index contributed by atoms with van der Waals surface area (Å²) in [6, 6.07) is 7.67. The van der Waals surface area contributed by atoms with Crippen molar-refractivity contribution in [1.29, 1.82) is 0 Å². The topological polar surface area (TPSA) is 119 Å². The van der Waals surface area contributed by atoms with Gasteiger partial charge in [0.05, 0.1) is 36.2 Å². The minimum absolute atomic E-state index is 0.195. The van der Waals surface area contributed by atoms with E-state index in [1.807, 2.05) is 23.7 Å². The number of anilines is 2. The highest BCUT2D eigenvalue weighted by Gasteiger charge is 2.23. The van der Waals surface area contributed by atoms with Gasteiger partial charge < -0.3 is 24.5 Å². The van der Waals surface area contributed by atoms with E-state index in [1.54, 1.807) is 25.6 Å². The van der Waals surface area contributed by atoms with Gasteiger partial charge >= 0.3 is 0 Å². The van der Waals surface area contributed by atoms with E-state index in [-0.39, 0.29) is 18.2 Å². The van der Waals surface area contributed by atoms with Crippen LogP contribution >= 0.6 is 0 Å². The number of aliphatic hydroxyl groups is 1. The van der Waals surface area contributed by atoms with Gasteiger partial charge in [-0.1, -0.05) is 0 Å². The van der Waals surface area contributed by atoms with E-state index in [4.69, 9.17) is 9.15 Å². The van der Waals surface area contributed by atoms with Crippen LogP contribution in [0.4, 0.5) is 11.4 Å². The lowest BCUT2D eigenvalue weighted by atomic mass is 9.97. The Morgan fingerprint density at radius 2 is 2.11 bits per heavy atom. The number of hydrogen-bond acceptors (Lipinski definition) is 8. The first-order valence-electron chi connectivity index (χ1n) is 12.1. The van der Waals surface area contributed by atoms with Crippen LogP contribution in [0.1, 0.15) is 29.0 Å². The first-order valence-corrected chi connectivity index (χ1v) is 12.1. The number of fused-ring (bicyclic) bond motifs is 1. The lowest BCUT2D eigenvalue weighted by molar-refractivity contribution is 0.102. The molecule has 0 aliphatic carbocycles. The van der Waals surface area contributed by atoms with E-state index in [0.29, 0.717) is 30.6 Å². The van der Waals surface area contributed by atoms with Crippen LogP contribution in [0.3, 0.4) is 0 Å². The number of amides is 1. The van der Waals surface area contributed by atoms with Gasteiger partial charge in [0.1, 0.15) is 6.26 Å². The number of piperidine rings is 1. The standard InChI is InChI=1S/C26H30N6O4/c1-17-11-19(3-6-27-17)26-30-22(16-36-26)25(34)29-21-12-20-14-28-32(9-10-35-2)23(20)13-24(21)31-7-4-18(15-33)5-8-31/h3,6,11-14,16,18,33H,4-5,7-10,15H2,1-2H3,(H,29,34). The predicted octanol–water partition coefficient (Wildman–Crippen LogP) is 3.50. The smallest absolute Gasteiger partial charge is 0.277 e. The predicted molar refractivity (Wildman–Crippen MR) is 136 cm³/mol. The highest BCUT2D eigenvalue weighted by Crippen LogP contribution is 2.34. The maximum absolute atomic E-state index is 13.2. The van der Waals surface area contributed by atoms with Crippen molar-refractivity contribution in [2.45, 2.75) is 26.3 Å².